The van der Waals surface area contributed by atoms with Crippen LogP contribution in [0, 0.1) is 23.7 Å². The largest absolute Gasteiger partial charge is 0.460 e. The number of amides is 7. The first-order valence-corrected chi connectivity index (χ1v) is 37.0. The maximum Gasteiger partial charge on any atom is 0.325 e. The molecule has 0 aromatic heterocycles. The lowest BCUT2D eigenvalue weighted by atomic mass is 9.97. The van der Waals surface area contributed by atoms with Gasteiger partial charge >= 0.3 is 5.97 Å². The highest BCUT2D eigenvalue weighted by Gasteiger charge is 2.42. The first-order valence-electron chi connectivity index (χ1n) is 32.9. The van der Waals surface area contributed by atoms with E-state index in [2.05, 4.69) is 104 Å². The normalized spacial score (nSPS) is 17.9. The Hall–Kier alpha value is -5.66. The minimum absolute atomic E-state index is 0. The fraction of sp³-hybridized carbons (Fsp3) is 0.606. The number of aliphatic hydroxyl groups is 1. The zero-order valence-electron chi connectivity index (χ0n) is 59.2. The molecule has 0 radical (unpaired) electrons. The number of nitrogens with one attached hydrogen (secondary N) is 7. The molecule has 2 aromatic carbocycles. The van der Waals surface area contributed by atoms with Crippen molar-refractivity contribution in [1.29, 1.82) is 0 Å². The molecule has 0 saturated carbocycles. The smallest absolute Gasteiger partial charge is 0.325 e. The number of alkyl halides is 3. The zero-order valence-corrected chi connectivity index (χ0v) is 63.2. The molecule has 2 saturated heterocycles. The molecule has 26 heteroatoms. The average molecular weight is 1460 g/mol. The Morgan fingerprint density at radius 1 is 0.660 bits per heavy atom. The van der Waals surface area contributed by atoms with Crippen molar-refractivity contribution in [3.8, 4) is 0 Å². The number of benzene rings is 2. The third-order valence-electron chi connectivity index (χ3n) is 17.0. The summed E-state index contributed by atoms with van der Waals surface area (Å²) in [5.74, 6) is -5.15. The highest BCUT2D eigenvalue weighted by Crippen LogP contribution is 2.39. The van der Waals surface area contributed by atoms with Gasteiger partial charge in [0.25, 0.3) is 11.8 Å². The van der Waals surface area contributed by atoms with E-state index in [9.17, 15) is 43.5 Å². The van der Waals surface area contributed by atoms with Crippen LogP contribution in [0.25, 0.3) is 12.2 Å². The lowest BCUT2D eigenvalue weighted by Gasteiger charge is -2.41. The van der Waals surface area contributed by atoms with E-state index in [1.807, 2.05) is 89.2 Å². The predicted octanol–water partition coefficient (Wildman–Crippen LogP) is 11.1. The van der Waals surface area contributed by atoms with Gasteiger partial charge in [-0.05, 0) is 137 Å². The minimum atomic E-state index is -2.17. The standard InChI is InChI=1S/C31H47N5O5.C29H51Cl3N4O6Si.C10H13N.CH4.ClH/c1-8-10-16-26(37)20(5)28(38)34-27(19(3)4)30(40)33-22(7)31(41)36-17-12-15-25(35-36)29(39)32-21(6)24-14-11-13-23(9-2)18-24;1-11-12-15-22(42-43(9,10)28(6,7)8)19(4)24(37)34-23(18(2)3)25(38)33-20(5)26(39)36-16-13-14-21(35-36)27(40)41-17-29(30,31)32;1-3-9-5-4-6-10(7-9)8(2)11;;/h8-9,11,13-14,18-22,25-27,35,37H,1-2,10,12,15-17H2,3-7H3,(H,32,39)(H,33,40)(H,34,38);11,18-23,35H,1,12-17H2,2-10H3,(H,33,38)(H,34,37);3-8H,1,11H2,2H3;1H4;1H/t20-,21-,22+,25+,26-,27+;19-,20+,21+,22-,23+;8-;;/m111../s1. The van der Waals surface area contributed by atoms with Crippen LogP contribution >= 0.6 is 47.2 Å². The van der Waals surface area contributed by atoms with Gasteiger partial charge in [-0.1, -0.05) is 184 Å². The van der Waals surface area contributed by atoms with Gasteiger partial charge in [0.2, 0.25) is 33.3 Å². The number of ether oxygens (including phenoxy) is 1. The van der Waals surface area contributed by atoms with Gasteiger partial charge in [0.15, 0.2) is 8.32 Å². The SMILES string of the molecule is C.C=CCC[C@@H](O)[C@@H](C)C(=O)N[C@H](C(=O)N[C@@H](C)C(=O)N1CCC[C@@H](C(=O)N[C@H](C)c2cccc(C=C)c2)N1)C(C)C.C=CCC[C@@H](O[Si](C)(C)C(C)(C)C)[C@@H](C)C(=O)N[C@H](C(=O)N[C@@H](C)C(=O)N1CCC[C@@H](C(=O)OCC(Cl)(Cl)Cl)N1)C(C)C.C=Cc1cccc([C@@H](C)N)c1.Cl. The van der Waals surface area contributed by atoms with Gasteiger partial charge in [-0.25, -0.2) is 10.9 Å². The van der Waals surface area contributed by atoms with Crippen LogP contribution in [-0.4, -0.2) is 143 Å². The van der Waals surface area contributed by atoms with E-state index in [0.717, 1.165) is 22.3 Å². The van der Waals surface area contributed by atoms with Crippen LogP contribution in [0.15, 0.2) is 87.0 Å². The summed E-state index contributed by atoms with van der Waals surface area (Å²) >= 11 is 17.0. The summed E-state index contributed by atoms with van der Waals surface area (Å²) < 4.78 is 9.92. The summed E-state index contributed by atoms with van der Waals surface area (Å²) in [6.07, 6.45) is 10.3. The molecule has 2 fully saturated rings. The molecule has 10 N–H and O–H groups in total. The lowest BCUT2D eigenvalue weighted by molar-refractivity contribution is -0.153. The number of hydrazine groups is 2. The van der Waals surface area contributed by atoms with Crippen molar-refractivity contribution >= 4 is 115 Å². The quantitative estimate of drug-likeness (QED) is 0.0152. The Kier molecular flexibility index (Phi) is 41.2. The summed E-state index contributed by atoms with van der Waals surface area (Å²) in [7, 11) is -2.17. The number of hydrogen-bond donors (Lipinski definition) is 9. The van der Waals surface area contributed by atoms with Gasteiger partial charge in [0, 0.05) is 19.1 Å². The van der Waals surface area contributed by atoms with E-state index in [1.54, 1.807) is 46.8 Å². The van der Waals surface area contributed by atoms with Crippen molar-refractivity contribution < 1.29 is 52.6 Å². The molecule has 2 aromatic rings. The Bertz CT molecular complexity index is 2890. The third kappa shape index (κ3) is 31.2. The number of carbonyl (C=O) groups is 8. The molecule has 0 unspecified atom stereocenters. The third-order valence-corrected chi connectivity index (χ3v) is 21.9. The van der Waals surface area contributed by atoms with Gasteiger partial charge < -0.3 is 46.6 Å². The fourth-order valence-electron chi connectivity index (χ4n) is 9.79. The highest BCUT2D eigenvalue weighted by molar-refractivity contribution is 6.74. The van der Waals surface area contributed by atoms with Crippen LogP contribution in [0.2, 0.25) is 18.1 Å². The number of nitrogens with zero attached hydrogens (tertiary/aromatic N) is 2. The van der Waals surface area contributed by atoms with Crippen LogP contribution in [0.4, 0.5) is 0 Å². The van der Waals surface area contributed by atoms with E-state index in [1.165, 1.54) is 10.0 Å². The predicted molar refractivity (Wildman–Crippen MR) is 397 cm³/mol. The van der Waals surface area contributed by atoms with Crippen LogP contribution in [0.3, 0.4) is 0 Å². The van der Waals surface area contributed by atoms with E-state index < -0.39 is 103 Å². The Balaban J connectivity index is 0.00000161. The van der Waals surface area contributed by atoms with E-state index in [4.69, 9.17) is 49.7 Å². The first kappa shape index (κ1) is 91.3. The molecular weight excluding hydrogens is 1340 g/mol. The minimum Gasteiger partial charge on any atom is -0.460 e. The fourth-order valence-corrected chi connectivity index (χ4v) is 11.4. The molecular formula is C71H116Cl4N10O11Si. The molecule has 548 valence electrons. The molecule has 0 aliphatic carbocycles. The molecule has 2 aliphatic heterocycles. The van der Waals surface area contributed by atoms with Crippen molar-refractivity contribution in [2.24, 2.45) is 29.4 Å². The second-order valence-electron chi connectivity index (χ2n) is 26.8. The number of rotatable bonds is 30. The van der Waals surface area contributed by atoms with Crippen LogP contribution < -0.4 is 43.2 Å². The van der Waals surface area contributed by atoms with E-state index in [0.29, 0.717) is 64.5 Å². The van der Waals surface area contributed by atoms with E-state index in [-0.39, 0.29) is 72.6 Å². The summed E-state index contributed by atoms with van der Waals surface area (Å²) in [5.41, 5.74) is 15.7. The maximum atomic E-state index is 13.4. The van der Waals surface area contributed by atoms with Crippen molar-refractivity contribution in [1.82, 2.24) is 47.5 Å². The molecule has 7 amide bonds. The van der Waals surface area contributed by atoms with Gasteiger partial charge in [-0.15, -0.1) is 25.6 Å². The second-order valence-corrected chi connectivity index (χ2v) is 34.1. The van der Waals surface area contributed by atoms with E-state index >= 15 is 0 Å². The molecule has 0 bridgehead atoms. The van der Waals surface area contributed by atoms with Crippen LogP contribution in [0.1, 0.15) is 183 Å². The Morgan fingerprint density at radius 3 is 1.53 bits per heavy atom. The van der Waals surface area contributed by atoms with Gasteiger partial charge in [-0.2, -0.15) is 0 Å². The monoisotopic (exact) mass is 1450 g/mol. The zero-order chi connectivity index (χ0) is 72.3. The number of carbonyl (C=O) groups excluding carboxylic acids is 8. The number of aliphatic hydroxyl groups excluding tert-OH is 1. The maximum absolute atomic E-state index is 13.4. The summed E-state index contributed by atoms with van der Waals surface area (Å²) in [5, 5.41) is 26.9. The molecule has 12 atom stereocenters. The Labute approximate surface area is 601 Å². The molecule has 97 heavy (non-hydrogen) atoms. The highest BCUT2D eigenvalue weighted by atomic mass is 35.6. The van der Waals surface area contributed by atoms with Crippen LogP contribution in [-0.2, 0) is 47.5 Å². The van der Waals surface area contributed by atoms with Crippen molar-refractivity contribution in [2.45, 2.75) is 231 Å². The number of hydrogen-bond acceptors (Lipinski definition) is 14. The average Bonchev–Trinajstić information content (AvgIpc) is 0.936. The molecule has 2 aliphatic rings. The van der Waals surface area contributed by atoms with Gasteiger partial charge in [0.1, 0.15) is 42.9 Å². The molecule has 4 rings (SSSR count). The molecule has 0 spiro atoms. The van der Waals surface area contributed by atoms with Gasteiger partial charge in [0.05, 0.1) is 30.1 Å². The lowest BCUT2D eigenvalue weighted by Crippen LogP contribution is -2.62. The number of halogens is 4. The van der Waals surface area contributed by atoms with Crippen molar-refractivity contribution in [3.05, 3.63) is 109 Å². The number of nitrogens with two attached hydrogens (primary N) is 1. The second kappa shape index (κ2) is 43.8. The number of allylic oxidation sites excluding steroid dienone is 2. The molecule has 2 heterocycles. The van der Waals surface area contributed by atoms with Crippen LogP contribution in [0.5, 0.6) is 0 Å². The Morgan fingerprint density at radius 2 is 1.09 bits per heavy atom. The summed E-state index contributed by atoms with van der Waals surface area (Å²) in [4.78, 5) is 104. The first-order chi connectivity index (χ1) is 44.2. The molecule has 21 nitrogen and oxygen atoms in total. The summed E-state index contributed by atoms with van der Waals surface area (Å²) in [6.45, 7) is 43.6. The number of esters is 1. The summed E-state index contributed by atoms with van der Waals surface area (Å²) in [6, 6.07) is 10.7. The topological polar surface area (TPSA) is 292 Å². The van der Waals surface area contributed by atoms with Crippen molar-refractivity contribution in [2.75, 3.05) is 19.7 Å². The van der Waals surface area contributed by atoms with Gasteiger partial charge in [-0.3, -0.25) is 48.4 Å². The van der Waals surface area contributed by atoms with Crippen molar-refractivity contribution in [3.63, 3.8) is 0 Å².